The first-order chi connectivity index (χ1) is 12.3. The van der Waals surface area contributed by atoms with Gasteiger partial charge in [-0.3, -0.25) is 4.79 Å². The Morgan fingerprint density at radius 2 is 1.12 bits per heavy atom. The van der Waals surface area contributed by atoms with Crippen LogP contribution in [0.5, 0.6) is 0 Å². The quantitative estimate of drug-likeness (QED) is 0.325. The van der Waals surface area contributed by atoms with Crippen LogP contribution in [0.25, 0.3) is 0 Å². The Balaban J connectivity index is 2.97. The highest BCUT2D eigenvalue weighted by Gasteiger charge is 1.96. The predicted octanol–water partition coefficient (Wildman–Crippen LogP) is 3.82. The number of hydrogen-bond acceptors (Lipinski definition) is 6. The maximum Gasteiger partial charge on any atom is 0.185 e. The third kappa shape index (κ3) is 23.9. The molecule has 0 fully saturated rings. The van der Waals surface area contributed by atoms with Crippen LogP contribution in [0.2, 0.25) is 0 Å². The summed E-state index contributed by atoms with van der Waals surface area (Å²) in [5.41, 5.74) is 0. The minimum absolute atomic E-state index is 0.0601. The standard InChI is InChI=1S/C19H38O5S/c1-19(21)25-18-10-8-6-4-2-3-5-7-9-12-22-14-16-24-17-15-23-13-11-20/h20H,2-18H2,1H3. The van der Waals surface area contributed by atoms with Crippen molar-refractivity contribution in [3.05, 3.63) is 0 Å². The van der Waals surface area contributed by atoms with Crippen LogP contribution in [0.4, 0.5) is 0 Å². The lowest BCUT2D eigenvalue weighted by Gasteiger charge is -2.06. The minimum Gasteiger partial charge on any atom is -0.394 e. The Bertz CT molecular complexity index is 277. The maximum absolute atomic E-state index is 10.8. The second-order valence-corrected chi connectivity index (χ2v) is 7.35. The van der Waals surface area contributed by atoms with E-state index >= 15 is 0 Å². The van der Waals surface area contributed by atoms with Crippen molar-refractivity contribution < 1.29 is 24.1 Å². The first kappa shape index (κ1) is 24.9. The molecule has 0 amide bonds. The summed E-state index contributed by atoms with van der Waals surface area (Å²) in [5, 5.41) is 8.77. The van der Waals surface area contributed by atoms with Crippen LogP contribution >= 0.6 is 11.8 Å². The number of rotatable bonds is 20. The fourth-order valence-electron chi connectivity index (χ4n) is 2.37. The number of ether oxygens (including phenoxy) is 3. The van der Waals surface area contributed by atoms with Crippen molar-refractivity contribution in [2.75, 3.05) is 52.0 Å². The zero-order valence-electron chi connectivity index (χ0n) is 16.0. The zero-order valence-corrected chi connectivity index (χ0v) is 16.8. The van der Waals surface area contributed by atoms with Crippen LogP contribution in [-0.4, -0.2) is 62.2 Å². The summed E-state index contributed by atoms with van der Waals surface area (Å²) in [5.74, 6) is 0.984. The molecule has 0 radical (unpaired) electrons. The summed E-state index contributed by atoms with van der Waals surface area (Å²) >= 11 is 1.45. The first-order valence-corrected chi connectivity index (χ1v) is 10.7. The van der Waals surface area contributed by atoms with Gasteiger partial charge < -0.3 is 19.3 Å². The number of aliphatic hydroxyl groups excluding tert-OH is 1. The normalized spacial score (nSPS) is 11.1. The minimum atomic E-state index is 0.0601. The second kappa shape index (κ2) is 21.9. The molecular weight excluding hydrogens is 340 g/mol. The summed E-state index contributed by atoms with van der Waals surface area (Å²) in [6.45, 7) is 5.22. The Morgan fingerprint density at radius 3 is 1.64 bits per heavy atom. The van der Waals surface area contributed by atoms with E-state index < -0.39 is 0 Å². The van der Waals surface area contributed by atoms with Crippen LogP contribution in [0.3, 0.4) is 0 Å². The summed E-state index contributed by atoms with van der Waals surface area (Å²) in [6.07, 6.45) is 11.3. The van der Waals surface area contributed by atoms with Gasteiger partial charge in [0.1, 0.15) is 0 Å². The molecular formula is C19H38O5S. The van der Waals surface area contributed by atoms with Crippen molar-refractivity contribution in [2.24, 2.45) is 0 Å². The lowest BCUT2D eigenvalue weighted by Crippen LogP contribution is -2.11. The fourth-order valence-corrected chi connectivity index (χ4v) is 3.00. The molecule has 0 saturated carbocycles. The van der Waals surface area contributed by atoms with E-state index in [2.05, 4.69) is 0 Å². The van der Waals surface area contributed by atoms with Gasteiger partial charge in [-0.2, -0.15) is 0 Å². The summed E-state index contributed by atoms with van der Waals surface area (Å²) in [6, 6.07) is 0. The SMILES string of the molecule is CC(=O)SCCCCCCCCCCCOCCOCCOCCO. The van der Waals surface area contributed by atoms with E-state index in [1.165, 1.54) is 63.1 Å². The topological polar surface area (TPSA) is 65.0 Å². The highest BCUT2D eigenvalue weighted by Crippen LogP contribution is 2.12. The largest absolute Gasteiger partial charge is 0.394 e. The number of thioether (sulfide) groups is 1. The van der Waals surface area contributed by atoms with Crippen LogP contribution < -0.4 is 0 Å². The van der Waals surface area contributed by atoms with E-state index in [-0.39, 0.29) is 11.7 Å². The fraction of sp³-hybridized carbons (Fsp3) is 0.947. The first-order valence-electron chi connectivity index (χ1n) is 9.75. The predicted molar refractivity (Wildman–Crippen MR) is 104 cm³/mol. The Kier molecular flexibility index (Phi) is 21.8. The van der Waals surface area contributed by atoms with Crippen molar-refractivity contribution >= 4 is 16.9 Å². The van der Waals surface area contributed by atoms with Crippen molar-refractivity contribution in [1.29, 1.82) is 0 Å². The van der Waals surface area contributed by atoms with Crippen molar-refractivity contribution in [3.8, 4) is 0 Å². The number of carbonyl (C=O) groups excluding carboxylic acids is 1. The van der Waals surface area contributed by atoms with Gasteiger partial charge in [-0.1, -0.05) is 56.7 Å². The number of carbonyl (C=O) groups is 1. The van der Waals surface area contributed by atoms with E-state index in [1.807, 2.05) is 0 Å². The van der Waals surface area contributed by atoms with Gasteiger partial charge in [-0.15, -0.1) is 0 Å². The average molecular weight is 379 g/mol. The van der Waals surface area contributed by atoms with E-state index in [9.17, 15) is 4.79 Å². The molecule has 0 bridgehead atoms. The molecule has 0 aromatic carbocycles. The van der Waals surface area contributed by atoms with E-state index in [0.717, 1.165) is 18.8 Å². The Hall–Kier alpha value is -0.140. The lowest BCUT2D eigenvalue weighted by atomic mass is 10.1. The van der Waals surface area contributed by atoms with Gasteiger partial charge in [0, 0.05) is 19.3 Å². The maximum atomic E-state index is 10.8. The average Bonchev–Trinajstić information content (AvgIpc) is 2.60. The monoisotopic (exact) mass is 378 g/mol. The van der Waals surface area contributed by atoms with Gasteiger partial charge in [0.15, 0.2) is 5.12 Å². The molecule has 0 aromatic rings. The summed E-state index contributed by atoms with van der Waals surface area (Å²) in [7, 11) is 0. The van der Waals surface area contributed by atoms with Gasteiger partial charge >= 0.3 is 0 Å². The van der Waals surface area contributed by atoms with Crippen LogP contribution in [-0.2, 0) is 19.0 Å². The van der Waals surface area contributed by atoms with Crippen LogP contribution in [0.15, 0.2) is 0 Å². The van der Waals surface area contributed by atoms with E-state index in [0.29, 0.717) is 33.0 Å². The molecule has 0 aromatic heterocycles. The van der Waals surface area contributed by atoms with Crippen molar-refractivity contribution in [3.63, 3.8) is 0 Å². The molecule has 6 heteroatoms. The summed E-state index contributed by atoms with van der Waals surface area (Å²) in [4.78, 5) is 10.8. The molecule has 0 aliphatic carbocycles. The van der Waals surface area contributed by atoms with Gasteiger partial charge in [-0.05, 0) is 12.8 Å². The highest BCUT2D eigenvalue weighted by atomic mass is 32.2. The van der Waals surface area contributed by atoms with Gasteiger partial charge in [-0.25, -0.2) is 0 Å². The molecule has 0 saturated heterocycles. The van der Waals surface area contributed by atoms with E-state index in [1.54, 1.807) is 6.92 Å². The Morgan fingerprint density at radius 1 is 0.680 bits per heavy atom. The molecule has 0 spiro atoms. The molecule has 5 nitrogen and oxygen atoms in total. The number of hydrogen-bond donors (Lipinski definition) is 1. The van der Waals surface area contributed by atoms with Crippen LogP contribution in [0, 0.1) is 0 Å². The molecule has 0 atom stereocenters. The molecule has 1 N–H and O–H groups in total. The molecule has 150 valence electrons. The second-order valence-electron chi connectivity index (χ2n) is 6.08. The number of unbranched alkanes of at least 4 members (excludes halogenated alkanes) is 8. The van der Waals surface area contributed by atoms with Crippen LogP contribution in [0.1, 0.15) is 64.7 Å². The number of aliphatic hydroxyl groups is 1. The summed E-state index contributed by atoms with van der Waals surface area (Å²) < 4.78 is 16.0. The van der Waals surface area contributed by atoms with Crippen molar-refractivity contribution in [1.82, 2.24) is 0 Å². The molecule has 0 aliphatic rings. The molecule has 25 heavy (non-hydrogen) atoms. The lowest BCUT2D eigenvalue weighted by molar-refractivity contribution is -0.109. The highest BCUT2D eigenvalue weighted by molar-refractivity contribution is 8.13. The zero-order chi connectivity index (χ0) is 18.4. The van der Waals surface area contributed by atoms with Gasteiger partial charge in [0.25, 0.3) is 0 Å². The van der Waals surface area contributed by atoms with Gasteiger partial charge in [0.05, 0.1) is 39.6 Å². The van der Waals surface area contributed by atoms with E-state index in [4.69, 9.17) is 19.3 Å². The van der Waals surface area contributed by atoms with Crippen molar-refractivity contribution in [2.45, 2.75) is 64.7 Å². The smallest absolute Gasteiger partial charge is 0.185 e. The molecule has 0 unspecified atom stereocenters. The third-order valence-corrected chi connectivity index (χ3v) is 4.62. The molecule has 0 aliphatic heterocycles. The Labute approximate surface area is 158 Å². The molecule has 0 rings (SSSR count). The third-order valence-electron chi connectivity index (χ3n) is 3.72. The molecule has 0 heterocycles. The van der Waals surface area contributed by atoms with Gasteiger partial charge in [0.2, 0.25) is 0 Å².